The molecular formula is C5H9NS2. The predicted octanol–water partition coefficient (Wildman–Crippen LogP) is 2.13. The predicted molar refractivity (Wildman–Crippen MR) is 41.6 cm³/mol. The van der Waals surface area contributed by atoms with Crippen molar-refractivity contribution in [2.75, 3.05) is 12.9 Å². The molecule has 0 radical (unpaired) electrons. The Balaban J connectivity index is 2.45. The van der Waals surface area contributed by atoms with E-state index in [1.807, 2.05) is 23.7 Å². The van der Waals surface area contributed by atoms with Gasteiger partial charge in [0, 0.05) is 4.91 Å². The molecule has 0 fully saturated rings. The van der Waals surface area contributed by atoms with Crippen LogP contribution in [0.1, 0.15) is 6.92 Å². The Bertz CT molecular complexity index is 111. The standard InChI is InChI=1S/C5H9NS2/c1-5-3-7-4-6(2)8-5/h3H,4H2,1-2H3. The van der Waals surface area contributed by atoms with Crippen molar-refractivity contribution < 1.29 is 0 Å². The minimum Gasteiger partial charge on any atom is -0.239 e. The van der Waals surface area contributed by atoms with Crippen LogP contribution in [0.2, 0.25) is 0 Å². The van der Waals surface area contributed by atoms with Crippen LogP contribution in [-0.2, 0) is 0 Å². The lowest BCUT2D eigenvalue weighted by Gasteiger charge is -2.18. The van der Waals surface area contributed by atoms with Crippen LogP contribution in [0.3, 0.4) is 0 Å². The molecule has 1 heterocycles. The van der Waals surface area contributed by atoms with Gasteiger partial charge in [0.1, 0.15) is 0 Å². The van der Waals surface area contributed by atoms with Gasteiger partial charge < -0.3 is 0 Å². The Morgan fingerprint density at radius 2 is 2.50 bits per heavy atom. The lowest BCUT2D eigenvalue weighted by molar-refractivity contribution is 0.679. The molecule has 8 heavy (non-hydrogen) atoms. The van der Waals surface area contributed by atoms with Gasteiger partial charge in [0.2, 0.25) is 0 Å². The summed E-state index contributed by atoms with van der Waals surface area (Å²) in [5.74, 6) is 1.11. The van der Waals surface area contributed by atoms with Crippen LogP contribution in [0.5, 0.6) is 0 Å². The molecule has 0 amide bonds. The molecule has 0 aliphatic carbocycles. The summed E-state index contributed by atoms with van der Waals surface area (Å²) in [5.41, 5.74) is 0. The average molecular weight is 147 g/mol. The molecule has 0 bridgehead atoms. The number of rotatable bonds is 0. The van der Waals surface area contributed by atoms with Gasteiger partial charge in [-0.2, -0.15) is 0 Å². The van der Waals surface area contributed by atoms with Crippen LogP contribution < -0.4 is 0 Å². The van der Waals surface area contributed by atoms with Crippen LogP contribution in [0, 0.1) is 0 Å². The first-order valence-corrected chi connectivity index (χ1v) is 4.29. The quantitative estimate of drug-likeness (QED) is 0.483. The summed E-state index contributed by atoms with van der Waals surface area (Å²) in [6, 6.07) is 0. The second-order valence-electron chi connectivity index (χ2n) is 1.74. The van der Waals surface area contributed by atoms with Crippen LogP contribution in [0.4, 0.5) is 0 Å². The third-order valence-corrected chi connectivity index (χ3v) is 3.02. The van der Waals surface area contributed by atoms with Gasteiger partial charge in [-0.15, -0.1) is 11.8 Å². The fourth-order valence-electron chi connectivity index (χ4n) is 0.553. The van der Waals surface area contributed by atoms with Crippen molar-refractivity contribution in [3.63, 3.8) is 0 Å². The van der Waals surface area contributed by atoms with Gasteiger partial charge in [0.25, 0.3) is 0 Å². The second-order valence-corrected chi connectivity index (χ2v) is 4.02. The van der Waals surface area contributed by atoms with Gasteiger partial charge in [-0.1, -0.05) is 0 Å². The van der Waals surface area contributed by atoms with Crippen molar-refractivity contribution in [1.82, 2.24) is 4.31 Å². The van der Waals surface area contributed by atoms with E-state index in [-0.39, 0.29) is 0 Å². The maximum atomic E-state index is 2.22. The highest BCUT2D eigenvalue weighted by Gasteiger charge is 2.03. The lowest BCUT2D eigenvalue weighted by atomic mass is 10.8. The summed E-state index contributed by atoms with van der Waals surface area (Å²) in [7, 11) is 2.11. The Kier molecular flexibility index (Phi) is 2.28. The Labute approximate surface area is 58.6 Å². The second kappa shape index (κ2) is 2.80. The summed E-state index contributed by atoms with van der Waals surface area (Å²) < 4.78 is 2.22. The number of hydrogen-bond acceptors (Lipinski definition) is 3. The van der Waals surface area contributed by atoms with Crippen molar-refractivity contribution in [3.8, 4) is 0 Å². The van der Waals surface area contributed by atoms with Gasteiger partial charge in [-0.05, 0) is 31.3 Å². The summed E-state index contributed by atoms with van der Waals surface area (Å²) in [6.07, 6.45) is 0. The molecule has 0 aromatic rings. The molecule has 1 rings (SSSR count). The highest BCUT2D eigenvalue weighted by molar-refractivity contribution is 8.07. The van der Waals surface area contributed by atoms with Gasteiger partial charge in [-0.3, -0.25) is 0 Å². The fraction of sp³-hybridized carbons (Fsp3) is 0.600. The van der Waals surface area contributed by atoms with Gasteiger partial charge in [0.05, 0.1) is 5.88 Å². The number of allylic oxidation sites excluding steroid dienone is 1. The minimum atomic E-state index is 1.11. The van der Waals surface area contributed by atoms with E-state index in [4.69, 9.17) is 0 Å². The van der Waals surface area contributed by atoms with E-state index in [0.717, 1.165) is 5.88 Å². The van der Waals surface area contributed by atoms with E-state index in [0.29, 0.717) is 0 Å². The Hall–Kier alpha value is 0.400. The van der Waals surface area contributed by atoms with Crippen LogP contribution >= 0.6 is 23.7 Å². The van der Waals surface area contributed by atoms with E-state index in [1.54, 1.807) is 0 Å². The molecule has 0 spiro atoms. The van der Waals surface area contributed by atoms with Gasteiger partial charge >= 0.3 is 0 Å². The molecule has 1 nitrogen and oxygen atoms in total. The number of nitrogens with zero attached hydrogens (tertiary/aromatic N) is 1. The van der Waals surface area contributed by atoms with Gasteiger partial charge in [0.15, 0.2) is 0 Å². The molecule has 0 N–H and O–H groups in total. The molecule has 0 atom stereocenters. The molecule has 0 saturated heterocycles. The zero-order valence-corrected chi connectivity index (χ0v) is 6.68. The number of thioether (sulfide) groups is 1. The first-order valence-electron chi connectivity index (χ1n) is 2.46. The minimum absolute atomic E-state index is 1.11. The summed E-state index contributed by atoms with van der Waals surface area (Å²) in [6.45, 7) is 2.13. The monoisotopic (exact) mass is 147 g/mol. The summed E-state index contributed by atoms with van der Waals surface area (Å²) >= 11 is 3.67. The average Bonchev–Trinajstić information content (AvgIpc) is 1.64. The van der Waals surface area contributed by atoms with Crippen molar-refractivity contribution >= 4 is 23.7 Å². The lowest BCUT2D eigenvalue weighted by Crippen LogP contribution is -2.09. The molecule has 3 heteroatoms. The number of hydrogen-bond donors (Lipinski definition) is 0. The van der Waals surface area contributed by atoms with E-state index in [2.05, 4.69) is 23.7 Å². The van der Waals surface area contributed by atoms with E-state index < -0.39 is 0 Å². The zero-order valence-electron chi connectivity index (χ0n) is 5.05. The Morgan fingerprint density at radius 3 is 2.88 bits per heavy atom. The summed E-state index contributed by atoms with van der Waals surface area (Å²) in [5, 5.41) is 2.20. The molecule has 0 unspecified atom stereocenters. The normalized spacial score (nSPS) is 23.0. The topological polar surface area (TPSA) is 3.24 Å². The molecule has 0 aromatic carbocycles. The highest BCUT2D eigenvalue weighted by atomic mass is 32.2. The SMILES string of the molecule is CC1=CSCN(C)S1. The molecular weight excluding hydrogens is 138 g/mol. The van der Waals surface area contributed by atoms with Gasteiger partial charge in [-0.25, -0.2) is 4.31 Å². The first kappa shape index (κ1) is 6.52. The Morgan fingerprint density at radius 1 is 1.75 bits per heavy atom. The fourth-order valence-corrected chi connectivity index (χ4v) is 2.33. The third kappa shape index (κ3) is 1.73. The molecule has 1 aliphatic rings. The maximum absolute atomic E-state index is 2.22. The molecule has 1 aliphatic heterocycles. The third-order valence-electron chi connectivity index (χ3n) is 0.805. The highest BCUT2D eigenvalue weighted by Crippen LogP contribution is 2.28. The molecule has 46 valence electrons. The molecule has 0 aromatic heterocycles. The van der Waals surface area contributed by atoms with Crippen LogP contribution in [0.15, 0.2) is 10.3 Å². The maximum Gasteiger partial charge on any atom is 0.0588 e. The largest absolute Gasteiger partial charge is 0.239 e. The molecule has 0 saturated carbocycles. The zero-order chi connectivity index (χ0) is 5.98. The van der Waals surface area contributed by atoms with E-state index >= 15 is 0 Å². The van der Waals surface area contributed by atoms with Crippen LogP contribution in [0.25, 0.3) is 0 Å². The van der Waals surface area contributed by atoms with Crippen molar-refractivity contribution in [2.45, 2.75) is 6.92 Å². The first-order chi connectivity index (χ1) is 3.79. The van der Waals surface area contributed by atoms with E-state index in [9.17, 15) is 0 Å². The van der Waals surface area contributed by atoms with Crippen LogP contribution in [-0.4, -0.2) is 17.2 Å². The smallest absolute Gasteiger partial charge is 0.0588 e. The van der Waals surface area contributed by atoms with E-state index in [1.165, 1.54) is 4.91 Å². The van der Waals surface area contributed by atoms with Crippen molar-refractivity contribution in [2.24, 2.45) is 0 Å². The summed E-state index contributed by atoms with van der Waals surface area (Å²) in [4.78, 5) is 1.39. The van der Waals surface area contributed by atoms with Crippen molar-refractivity contribution in [3.05, 3.63) is 10.3 Å². The van der Waals surface area contributed by atoms with Crippen molar-refractivity contribution in [1.29, 1.82) is 0 Å².